The van der Waals surface area contributed by atoms with Crippen LogP contribution in [-0.2, 0) is 0 Å². The molecule has 0 unspecified atom stereocenters. The molecule has 4 N–H and O–H groups in total. The molecule has 10 atom stereocenters. The van der Waals surface area contributed by atoms with Gasteiger partial charge in [-0.2, -0.15) is 5.10 Å². The van der Waals surface area contributed by atoms with Gasteiger partial charge >= 0.3 is 0 Å². The van der Waals surface area contributed by atoms with Crippen molar-refractivity contribution in [2.75, 3.05) is 6.54 Å². The summed E-state index contributed by atoms with van der Waals surface area (Å²) in [5, 5.41) is 31.3. The lowest BCUT2D eigenvalue weighted by molar-refractivity contribution is -0.141. The van der Waals surface area contributed by atoms with Crippen LogP contribution in [0.3, 0.4) is 0 Å². The second kappa shape index (κ2) is 10.8. The number of fused-ring (bicyclic) bond motifs is 5. The Bertz CT molecular complexity index is 820. The van der Waals surface area contributed by atoms with Crippen molar-refractivity contribution in [1.82, 2.24) is 10.7 Å². The summed E-state index contributed by atoms with van der Waals surface area (Å²) in [6, 6.07) is 0. The molecule has 0 radical (unpaired) electrons. The molecule has 0 bridgehead atoms. The smallest absolute Gasteiger partial charge is 0.186 e. The molecule has 0 aromatic heterocycles. The molecule has 4 aliphatic rings. The van der Waals surface area contributed by atoms with Crippen molar-refractivity contribution in [1.29, 1.82) is 0 Å². The molecule has 206 valence electrons. The fourth-order valence-corrected chi connectivity index (χ4v) is 9.98. The van der Waals surface area contributed by atoms with Gasteiger partial charge < -0.3 is 15.5 Å². The molecule has 0 amide bonds. The van der Waals surface area contributed by atoms with Gasteiger partial charge in [-0.1, -0.05) is 53.9 Å². The molecular weight excluding hydrogens is 466 g/mol. The zero-order valence-corrected chi connectivity index (χ0v) is 24.5. The molecule has 4 saturated carbocycles. The Morgan fingerprint density at radius 1 is 1.08 bits per heavy atom. The molecule has 5 nitrogen and oxygen atoms in total. The van der Waals surface area contributed by atoms with Crippen molar-refractivity contribution in [2.45, 2.75) is 117 Å². The second-order valence-corrected chi connectivity index (χ2v) is 14.2. The van der Waals surface area contributed by atoms with E-state index in [9.17, 15) is 10.2 Å². The number of hydrazone groups is 1. The maximum absolute atomic E-state index is 12.4. The maximum atomic E-state index is 12.4. The fourth-order valence-electron chi connectivity index (χ4n) is 9.78. The molecule has 4 fully saturated rings. The average Bonchev–Trinajstić information content (AvgIpc) is 3.24. The van der Waals surface area contributed by atoms with Gasteiger partial charge in [0.15, 0.2) is 5.11 Å². The van der Waals surface area contributed by atoms with Crippen molar-refractivity contribution in [3.05, 3.63) is 0 Å². The first-order valence-electron chi connectivity index (χ1n) is 15.0. The van der Waals surface area contributed by atoms with Crippen LogP contribution in [0.2, 0.25) is 0 Å². The van der Waals surface area contributed by atoms with Crippen molar-refractivity contribution >= 4 is 23.5 Å². The summed E-state index contributed by atoms with van der Waals surface area (Å²) in [4.78, 5) is 0. The van der Waals surface area contributed by atoms with Crippen molar-refractivity contribution in [3.8, 4) is 0 Å². The van der Waals surface area contributed by atoms with E-state index >= 15 is 0 Å². The SMILES string of the molecule is CCNC(=S)N/N=C/[C@@H]1[C@H]2[C@@H]3CC[C@H]([C@H](C)CCCC(C)C)[C@@]3(C)CC[C@@H]2[C@@]2(C)CC[C@H](O)C[C@@]12O. The zero-order valence-electron chi connectivity index (χ0n) is 23.7. The molecule has 4 aliphatic carbocycles. The first-order chi connectivity index (χ1) is 17.0. The molecule has 0 aliphatic heterocycles. The molecule has 6 heteroatoms. The van der Waals surface area contributed by atoms with Crippen LogP contribution in [0, 0.1) is 52.3 Å². The third kappa shape index (κ3) is 4.77. The maximum Gasteiger partial charge on any atom is 0.186 e. The quantitative estimate of drug-likeness (QED) is 0.183. The minimum Gasteiger partial charge on any atom is -0.393 e. The van der Waals surface area contributed by atoms with Gasteiger partial charge in [0.05, 0.1) is 11.7 Å². The van der Waals surface area contributed by atoms with Gasteiger partial charge in [0.1, 0.15) is 0 Å². The van der Waals surface area contributed by atoms with Crippen molar-refractivity contribution in [2.24, 2.45) is 57.4 Å². The van der Waals surface area contributed by atoms with Gasteiger partial charge in [-0.3, -0.25) is 5.43 Å². The highest BCUT2D eigenvalue weighted by molar-refractivity contribution is 7.80. The van der Waals surface area contributed by atoms with E-state index in [2.05, 4.69) is 50.5 Å². The number of thiocarbonyl (C=S) groups is 1. The summed E-state index contributed by atoms with van der Waals surface area (Å²) < 4.78 is 0. The molecule has 0 aromatic carbocycles. The Balaban J connectivity index is 1.62. The predicted octanol–water partition coefficient (Wildman–Crippen LogP) is 5.89. The molecule has 0 aromatic rings. The molecule has 36 heavy (non-hydrogen) atoms. The average molecular weight is 520 g/mol. The van der Waals surface area contributed by atoms with E-state index in [1.54, 1.807) is 0 Å². The van der Waals surface area contributed by atoms with Crippen LogP contribution in [0.1, 0.15) is 106 Å². The Morgan fingerprint density at radius 2 is 1.83 bits per heavy atom. The first kappa shape index (κ1) is 28.3. The van der Waals surface area contributed by atoms with Gasteiger partial charge in [-0.15, -0.1) is 0 Å². The zero-order chi connectivity index (χ0) is 26.3. The number of nitrogens with one attached hydrogen (secondary N) is 2. The number of hydrogen-bond donors (Lipinski definition) is 4. The topological polar surface area (TPSA) is 76.9 Å². The lowest BCUT2D eigenvalue weighted by atomic mass is 9.53. The third-order valence-corrected chi connectivity index (χ3v) is 11.8. The first-order valence-corrected chi connectivity index (χ1v) is 15.4. The van der Waals surface area contributed by atoms with E-state index < -0.39 is 11.7 Å². The lowest BCUT2D eigenvalue weighted by Crippen LogP contribution is -2.54. The highest BCUT2D eigenvalue weighted by Gasteiger charge is 2.71. The van der Waals surface area contributed by atoms with E-state index in [0.29, 0.717) is 34.7 Å². The minimum absolute atomic E-state index is 0.0565. The normalized spacial score (nSPS) is 44.8. The van der Waals surface area contributed by atoms with E-state index in [1.807, 2.05) is 13.1 Å². The predicted molar refractivity (Wildman–Crippen MR) is 153 cm³/mol. The van der Waals surface area contributed by atoms with Gasteiger partial charge in [0.2, 0.25) is 0 Å². The molecule has 4 rings (SSSR count). The van der Waals surface area contributed by atoms with Gasteiger partial charge in [-0.25, -0.2) is 0 Å². The third-order valence-electron chi connectivity index (χ3n) is 11.6. The largest absolute Gasteiger partial charge is 0.393 e. The fraction of sp³-hybridized carbons (Fsp3) is 0.933. The van der Waals surface area contributed by atoms with Crippen molar-refractivity contribution in [3.63, 3.8) is 0 Å². The molecule has 0 spiro atoms. The summed E-state index contributed by atoms with van der Waals surface area (Å²) in [7, 11) is 0. The summed E-state index contributed by atoms with van der Waals surface area (Å²) in [6.45, 7) is 14.9. The van der Waals surface area contributed by atoms with Crippen LogP contribution in [-0.4, -0.2) is 39.8 Å². The summed E-state index contributed by atoms with van der Waals surface area (Å²) in [5.41, 5.74) is 2.23. The van der Waals surface area contributed by atoms with Gasteiger partial charge in [-0.05, 0) is 98.6 Å². The number of hydrogen-bond acceptors (Lipinski definition) is 4. The minimum atomic E-state index is -0.919. The standard InChI is InChI=1S/C30H53N3O2S/c1-7-31-27(36)33-32-18-25-26-23-12-11-22(20(4)10-8-9-19(2)3)28(23,5)15-14-24(26)29(6)16-13-21(34)17-30(25,29)35/h18-26,34-35H,7-17H2,1-6H3,(H2,31,33,36)/b32-18+/t20-,21+,22-,23+,24+,25-,26+,28-,29-,30-/m1/s1. The monoisotopic (exact) mass is 519 g/mol. The van der Waals surface area contributed by atoms with Crippen LogP contribution >= 0.6 is 12.2 Å². The van der Waals surface area contributed by atoms with Gasteiger partial charge in [0, 0.05) is 30.5 Å². The van der Waals surface area contributed by atoms with Gasteiger partial charge in [0.25, 0.3) is 0 Å². The Hall–Kier alpha value is -0.720. The number of nitrogens with zero attached hydrogens (tertiary/aromatic N) is 1. The Labute approximate surface area is 225 Å². The number of aliphatic hydroxyl groups excluding tert-OH is 1. The summed E-state index contributed by atoms with van der Waals surface area (Å²) >= 11 is 5.34. The van der Waals surface area contributed by atoms with E-state index in [1.165, 1.54) is 44.9 Å². The Kier molecular flexibility index (Phi) is 8.49. The number of aliphatic hydroxyl groups is 2. The Morgan fingerprint density at radius 3 is 2.53 bits per heavy atom. The highest BCUT2D eigenvalue weighted by atomic mass is 32.1. The van der Waals surface area contributed by atoms with E-state index in [0.717, 1.165) is 37.1 Å². The summed E-state index contributed by atoms with van der Waals surface area (Å²) in [6.07, 6.45) is 12.8. The number of rotatable bonds is 8. The van der Waals surface area contributed by atoms with Crippen molar-refractivity contribution < 1.29 is 10.2 Å². The second-order valence-electron chi connectivity index (χ2n) is 13.8. The highest BCUT2D eigenvalue weighted by Crippen LogP contribution is 2.72. The van der Waals surface area contributed by atoms with Crippen LogP contribution in [0.5, 0.6) is 0 Å². The van der Waals surface area contributed by atoms with Crippen LogP contribution in [0.15, 0.2) is 5.10 Å². The van der Waals surface area contributed by atoms with Crippen LogP contribution in [0.25, 0.3) is 0 Å². The molecule has 0 saturated heterocycles. The van der Waals surface area contributed by atoms with Crippen LogP contribution in [0.4, 0.5) is 0 Å². The van der Waals surface area contributed by atoms with Crippen LogP contribution < -0.4 is 10.7 Å². The molecular formula is C30H53N3O2S. The van der Waals surface area contributed by atoms with E-state index in [4.69, 9.17) is 12.2 Å². The molecule has 0 heterocycles. The lowest BCUT2D eigenvalue weighted by Gasteiger charge is -2.52. The summed E-state index contributed by atoms with van der Waals surface area (Å²) in [5.74, 6) is 3.75. The van der Waals surface area contributed by atoms with E-state index in [-0.39, 0.29) is 11.3 Å².